The molecule has 1 amide bonds. The van der Waals surface area contributed by atoms with Gasteiger partial charge in [0.15, 0.2) is 0 Å². The topological polar surface area (TPSA) is 66.8 Å². The predicted octanol–water partition coefficient (Wildman–Crippen LogP) is 2.69. The Morgan fingerprint density at radius 1 is 1.18 bits per heavy atom. The summed E-state index contributed by atoms with van der Waals surface area (Å²) >= 11 is 0. The van der Waals surface area contributed by atoms with Gasteiger partial charge < -0.3 is 14.7 Å². The predicted molar refractivity (Wildman–Crippen MR) is 83.5 cm³/mol. The van der Waals surface area contributed by atoms with E-state index in [0.717, 1.165) is 25.7 Å². The van der Waals surface area contributed by atoms with E-state index in [-0.39, 0.29) is 18.4 Å². The first-order chi connectivity index (χ1) is 10.6. The zero-order valence-electron chi connectivity index (χ0n) is 13.6. The van der Waals surface area contributed by atoms with Gasteiger partial charge in [-0.1, -0.05) is 19.8 Å². The summed E-state index contributed by atoms with van der Waals surface area (Å²) in [4.78, 5) is 25.4. The fourth-order valence-electron chi connectivity index (χ4n) is 3.83. The second-order valence-corrected chi connectivity index (χ2v) is 6.92. The molecule has 1 aliphatic heterocycles. The molecule has 2 aliphatic rings. The van der Waals surface area contributed by atoms with Crippen LogP contribution in [0.1, 0.15) is 58.3 Å². The van der Waals surface area contributed by atoms with Crippen LogP contribution in [-0.4, -0.2) is 47.7 Å². The molecule has 1 heterocycles. The Morgan fingerprint density at radius 2 is 1.91 bits per heavy atom. The van der Waals surface area contributed by atoms with E-state index in [4.69, 9.17) is 9.84 Å². The third kappa shape index (κ3) is 5.27. The number of amides is 1. The van der Waals surface area contributed by atoms with Crippen LogP contribution in [0.15, 0.2) is 0 Å². The van der Waals surface area contributed by atoms with Crippen LogP contribution in [0.5, 0.6) is 0 Å². The number of carboxylic acid groups (broad SMARTS) is 1. The second kappa shape index (κ2) is 8.51. The number of aliphatic carboxylic acids is 1. The number of ether oxygens (including phenoxy) is 1. The Kier molecular flexibility index (Phi) is 6.68. The Morgan fingerprint density at radius 3 is 2.55 bits per heavy atom. The molecule has 2 atom stereocenters. The molecule has 5 nitrogen and oxygen atoms in total. The maximum absolute atomic E-state index is 12.7. The Hall–Kier alpha value is -1.10. The molecule has 2 rings (SSSR count). The molecule has 1 saturated heterocycles. The van der Waals surface area contributed by atoms with Crippen molar-refractivity contribution in [3.05, 3.63) is 0 Å². The van der Waals surface area contributed by atoms with E-state index in [2.05, 4.69) is 6.92 Å². The van der Waals surface area contributed by atoms with Crippen LogP contribution >= 0.6 is 0 Å². The molecule has 126 valence electrons. The number of carbonyl (C=O) groups is 2. The smallest absolute Gasteiger partial charge is 0.305 e. The van der Waals surface area contributed by atoms with Crippen molar-refractivity contribution in [1.82, 2.24) is 4.90 Å². The third-order valence-corrected chi connectivity index (χ3v) is 5.03. The number of rotatable bonds is 6. The van der Waals surface area contributed by atoms with Crippen molar-refractivity contribution >= 4 is 11.9 Å². The van der Waals surface area contributed by atoms with Gasteiger partial charge in [-0.25, -0.2) is 0 Å². The molecule has 0 aromatic carbocycles. The van der Waals surface area contributed by atoms with Gasteiger partial charge in [-0.05, 0) is 37.5 Å². The van der Waals surface area contributed by atoms with Gasteiger partial charge in [0.2, 0.25) is 5.91 Å². The fourth-order valence-corrected chi connectivity index (χ4v) is 3.83. The van der Waals surface area contributed by atoms with Gasteiger partial charge in [0.25, 0.3) is 0 Å². The van der Waals surface area contributed by atoms with Crippen LogP contribution in [0.3, 0.4) is 0 Å². The molecule has 1 saturated carbocycles. The van der Waals surface area contributed by atoms with Crippen LogP contribution in [0, 0.1) is 11.8 Å². The highest BCUT2D eigenvalue weighted by Gasteiger charge is 2.29. The molecular formula is C17H29NO4. The van der Waals surface area contributed by atoms with Crippen molar-refractivity contribution in [2.75, 3.05) is 19.8 Å². The maximum Gasteiger partial charge on any atom is 0.305 e. The van der Waals surface area contributed by atoms with Crippen LogP contribution < -0.4 is 0 Å². The lowest BCUT2D eigenvalue weighted by atomic mass is 9.80. The van der Waals surface area contributed by atoms with Crippen LogP contribution in [0.4, 0.5) is 0 Å². The number of carbonyl (C=O) groups excluding carboxylic acids is 1. The molecule has 1 N–H and O–H groups in total. The summed E-state index contributed by atoms with van der Waals surface area (Å²) < 4.78 is 5.36. The Labute approximate surface area is 133 Å². The zero-order chi connectivity index (χ0) is 15.9. The summed E-state index contributed by atoms with van der Waals surface area (Å²) in [6.45, 7) is 3.93. The van der Waals surface area contributed by atoms with E-state index in [9.17, 15) is 9.59 Å². The molecule has 0 bridgehead atoms. The number of nitrogens with zero attached hydrogens (tertiary/aromatic N) is 1. The SMILES string of the molecule is C[C@@H]1CCC[C@@H](CC(=O)N(CCC(=O)O)C2CCOCC2)C1. The summed E-state index contributed by atoms with van der Waals surface area (Å²) in [5, 5.41) is 8.94. The van der Waals surface area contributed by atoms with Gasteiger partial charge in [0.1, 0.15) is 0 Å². The highest BCUT2D eigenvalue weighted by molar-refractivity contribution is 5.77. The molecule has 2 fully saturated rings. The van der Waals surface area contributed by atoms with Gasteiger partial charge in [-0.3, -0.25) is 9.59 Å². The number of hydrogen-bond acceptors (Lipinski definition) is 3. The Bertz CT molecular complexity index is 379. The van der Waals surface area contributed by atoms with Gasteiger partial charge in [-0.2, -0.15) is 0 Å². The summed E-state index contributed by atoms with van der Waals surface area (Å²) in [6, 6.07) is 0.154. The number of hydrogen-bond donors (Lipinski definition) is 1. The quantitative estimate of drug-likeness (QED) is 0.819. The van der Waals surface area contributed by atoms with Crippen molar-refractivity contribution < 1.29 is 19.4 Å². The first-order valence-electron chi connectivity index (χ1n) is 8.65. The third-order valence-electron chi connectivity index (χ3n) is 5.03. The molecule has 0 spiro atoms. The van der Waals surface area contributed by atoms with E-state index in [1.165, 1.54) is 12.8 Å². The fraction of sp³-hybridized carbons (Fsp3) is 0.882. The minimum Gasteiger partial charge on any atom is -0.481 e. The molecule has 1 aliphatic carbocycles. The van der Waals surface area contributed by atoms with Crippen LogP contribution in [-0.2, 0) is 14.3 Å². The average Bonchev–Trinajstić information content (AvgIpc) is 2.48. The lowest BCUT2D eigenvalue weighted by Gasteiger charge is -2.36. The molecule has 0 aromatic rings. The largest absolute Gasteiger partial charge is 0.481 e. The minimum absolute atomic E-state index is 0.0319. The van der Waals surface area contributed by atoms with Gasteiger partial charge in [0.05, 0.1) is 6.42 Å². The van der Waals surface area contributed by atoms with Gasteiger partial charge in [0, 0.05) is 32.2 Å². The van der Waals surface area contributed by atoms with E-state index >= 15 is 0 Å². The van der Waals surface area contributed by atoms with E-state index in [1.807, 2.05) is 4.90 Å². The Balaban J connectivity index is 1.93. The summed E-state index contributed by atoms with van der Waals surface area (Å²) in [7, 11) is 0. The number of carboxylic acids is 1. The second-order valence-electron chi connectivity index (χ2n) is 6.92. The summed E-state index contributed by atoms with van der Waals surface area (Å²) in [6.07, 6.45) is 7.02. The maximum atomic E-state index is 12.7. The molecular weight excluding hydrogens is 282 g/mol. The van der Waals surface area contributed by atoms with Gasteiger partial charge in [-0.15, -0.1) is 0 Å². The normalized spacial score (nSPS) is 26.6. The minimum atomic E-state index is -0.837. The summed E-state index contributed by atoms with van der Waals surface area (Å²) in [5.41, 5.74) is 0. The van der Waals surface area contributed by atoms with E-state index < -0.39 is 5.97 Å². The molecule has 0 aromatic heterocycles. The van der Waals surface area contributed by atoms with Crippen molar-refractivity contribution in [1.29, 1.82) is 0 Å². The standard InChI is InChI=1S/C17H29NO4/c1-13-3-2-4-14(11-13)12-16(19)18(8-5-17(20)21)15-6-9-22-10-7-15/h13-15H,2-12H2,1H3,(H,20,21)/t13-,14-/m1/s1. The van der Waals surface area contributed by atoms with E-state index in [1.54, 1.807) is 0 Å². The first kappa shape index (κ1) is 17.3. The van der Waals surface area contributed by atoms with Crippen molar-refractivity contribution in [2.45, 2.75) is 64.3 Å². The lowest BCUT2D eigenvalue weighted by molar-refractivity contribution is -0.140. The first-order valence-corrected chi connectivity index (χ1v) is 8.65. The molecule has 22 heavy (non-hydrogen) atoms. The zero-order valence-corrected chi connectivity index (χ0v) is 13.6. The average molecular weight is 311 g/mol. The van der Waals surface area contributed by atoms with Crippen LogP contribution in [0.2, 0.25) is 0 Å². The summed E-state index contributed by atoms with van der Waals surface area (Å²) in [5.74, 6) is 0.494. The molecule has 0 unspecified atom stereocenters. The monoisotopic (exact) mass is 311 g/mol. The van der Waals surface area contributed by atoms with Crippen molar-refractivity contribution in [2.24, 2.45) is 11.8 Å². The lowest BCUT2D eigenvalue weighted by Crippen LogP contribution is -2.45. The highest BCUT2D eigenvalue weighted by Crippen LogP contribution is 2.31. The van der Waals surface area contributed by atoms with Crippen LogP contribution in [0.25, 0.3) is 0 Å². The van der Waals surface area contributed by atoms with E-state index in [0.29, 0.717) is 38.0 Å². The molecule has 5 heteroatoms. The van der Waals surface area contributed by atoms with Crippen molar-refractivity contribution in [3.8, 4) is 0 Å². The van der Waals surface area contributed by atoms with Crippen molar-refractivity contribution in [3.63, 3.8) is 0 Å². The highest BCUT2D eigenvalue weighted by atomic mass is 16.5. The molecule has 0 radical (unpaired) electrons. The van der Waals surface area contributed by atoms with Gasteiger partial charge >= 0.3 is 5.97 Å².